The molecule has 0 radical (unpaired) electrons. The summed E-state index contributed by atoms with van der Waals surface area (Å²) in [6.07, 6.45) is 0. The van der Waals surface area contributed by atoms with Gasteiger partial charge in [-0.15, -0.1) is 12.4 Å². The summed E-state index contributed by atoms with van der Waals surface area (Å²) in [6.45, 7) is 0. The van der Waals surface area contributed by atoms with Crippen LogP contribution in [0, 0.1) is 0 Å². The van der Waals surface area contributed by atoms with Crippen LogP contribution in [0.1, 0.15) is 0 Å². The second kappa shape index (κ2) is 5.44. The van der Waals surface area contributed by atoms with Gasteiger partial charge in [0.2, 0.25) is 0 Å². The van der Waals surface area contributed by atoms with Crippen molar-refractivity contribution < 1.29 is 0 Å². The lowest BCUT2D eigenvalue weighted by Gasteiger charge is -2.05. The molecule has 16 heavy (non-hydrogen) atoms. The normalized spacial score (nSPS) is 9.62. The predicted octanol–water partition coefficient (Wildman–Crippen LogP) is 4.66. The van der Waals surface area contributed by atoms with Crippen LogP contribution in [0.2, 0.25) is 10.0 Å². The lowest BCUT2D eigenvalue weighted by molar-refractivity contribution is 1.61. The summed E-state index contributed by atoms with van der Waals surface area (Å²) in [4.78, 5) is 0. The first-order valence-electron chi connectivity index (χ1n) is 4.48. The Balaban J connectivity index is 0.00000128. The van der Waals surface area contributed by atoms with E-state index in [9.17, 15) is 0 Å². The Hall–Kier alpha value is -0.890. The quantitative estimate of drug-likeness (QED) is 0.752. The molecular formula is C12H10Cl3N. The molecule has 4 heteroatoms. The molecule has 0 aromatic heterocycles. The number of anilines is 1. The third kappa shape index (κ3) is 2.82. The zero-order valence-electron chi connectivity index (χ0n) is 8.28. The minimum absolute atomic E-state index is 0. The molecule has 0 aliphatic heterocycles. The first-order valence-corrected chi connectivity index (χ1v) is 5.23. The fourth-order valence-electron chi connectivity index (χ4n) is 1.39. The van der Waals surface area contributed by atoms with Gasteiger partial charge in [-0.25, -0.2) is 0 Å². The number of hydrogen-bond donors (Lipinski definition) is 1. The largest absolute Gasteiger partial charge is 0.399 e. The molecule has 0 fully saturated rings. The number of benzene rings is 2. The molecule has 0 atom stereocenters. The number of nitrogens with two attached hydrogens (primary N) is 1. The summed E-state index contributed by atoms with van der Waals surface area (Å²) >= 11 is 11.9. The van der Waals surface area contributed by atoms with Gasteiger partial charge >= 0.3 is 0 Å². The third-order valence-electron chi connectivity index (χ3n) is 2.15. The number of hydrogen-bond acceptors (Lipinski definition) is 1. The predicted molar refractivity (Wildman–Crippen MR) is 73.6 cm³/mol. The van der Waals surface area contributed by atoms with Crippen LogP contribution in [-0.4, -0.2) is 0 Å². The van der Waals surface area contributed by atoms with E-state index >= 15 is 0 Å². The van der Waals surface area contributed by atoms with E-state index in [4.69, 9.17) is 28.9 Å². The molecule has 0 saturated carbocycles. The molecule has 0 heterocycles. The third-order valence-corrected chi connectivity index (χ3v) is 2.70. The summed E-state index contributed by atoms with van der Waals surface area (Å²) in [5.74, 6) is 0. The highest BCUT2D eigenvalue weighted by Crippen LogP contribution is 2.30. The summed E-state index contributed by atoms with van der Waals surface area (Å²) in [6, 6.07) is 13.0. The van der Waals surface area contributed by atoms with Crippen LogP contribution in [0.3, 0.4) is 0 Å². The van der Waals surface area contributed by atoms with Crippen molar-refractivity contribution in [2.45, 2.75) is 0 Å². The monoisotopic (exact) mass is 273 g/mol. The molecular weight excluding hydrogens is 264 g/mol. The van der Waals surface area contributed by atoms with Crippen LogP contribution in [-0.2, 0) is 0 Å². The number of nitrogen functional groups attached to an aromatic ring is 1. The van der Waals surface area contributed by atoms with Crippen LogP contribution in [0.15, 0.2) is 42.5 Å². The Morgan fingerprint density at radius 2 is 1.50 bits per heavy atom. The minimum atomic E-state index is 0. The van der Waals surface area contributed by atoms with Crippen molar-refractivity contribution in [3.63, 3.8) is 0 Å². The van der Waals surface area contributed by atoms with Gasteiger partial charge in [0.1, 0.15) is 0 Å². The summed E-state index contributed by atoms with van der Waals surface area (Å²) in [7, 11) is 0. The summed E-state index contributed by atoms with van der Waals surface area (Å²) in [5, 5.41) is 1.28. The molecule has 2 N–H and O–H groups in total. The zero-order valence-corrected chi connectivity index (χ0v) is 10.6. The number of rotatable bonds is 1. The van der Waals surface area contributed by atoms with E-state index in [0.717, 1.165) is 16.8 Å². The molecule has 0 unspecified atom stereocenters. The molecule has 1 nitrogen and oxygen atoms in total. The Kier molecular flexibility index (Phi) is 4.48. The average Bonchev–Trinajstić information content (AvgIpc) is 2.20. The van der Waals surface area contributed by atoms with E-state index < -0.39 is 0 Å². The molecule has 2 aromatic rings. The van der Waals surface area contributed by atoms with Gasteiger partial charge in [-0.3, -0.25) is 0 Å². The van der Waals surface area contributed by atoms with E-state index in [1.54, 1.807) is 6.07 Å². The zero-order chi connectivity index (χ0) is 10.8. The van der Waals surface area contributed by atoms with Crippen LogP contribution >= 0.6 is 35.6 Å². The minimum Gasteiger partial charge on any atom is -0.399 e. The maximum atomic E-state index is 6.09. The van der Waals surface area contributed by atoms with E-state index in [2.05, 4.69) is 0 Å². The first-order chi connectivity index (χ1) is 7.16. The highest BCUT2D eigenvalue weighted by Gasteiger charge is 2.03. The summed E-state index contributed by atoms with van der Waals surface area (Å²) in [5.41, 5.74) is 8.35. The maximum Gasteiger partial charge on any atom is 0.0499 e. The van der Waals surface area contributed by atoms with E-state index in [-0.39, 0.29) is 12.4 Å². The van der Waals surface area contributed by atoms with Gasteiger partial charge in [0.25, 0.3) is 0 Å². The van der Waals surface area contributed by atoms with Gasteiger partial charge in [-0.1, -0.05) is 41.4 Å². The Labute approximate surface area is 111 Å². The van der Waals surface area contributed by atoms with Crippen molar-refractivity contribution in [3.05, 3.63) is 52.5 Å². The fourth-order valence-corrected chi connectivity index (χ4v) is 1.90. The molecule has 84 valence electrons. The SMILES string of the molecule is Cl.Nc1ccc(-c2ccc(Cl)cc2Cl)cc1. The van der Waals surface area contributed by atoms with Crippen molar-refractivity contribution in [2.24, 2.45) is 0 Å². The second-order valence-corrected chi connectivity index (χ2v) is 4.09. The lowest BCUT2D eigenvalue weighted by Crippen LogP contribution is -1.84. The van der Waals surface area contributed by atoms with Crippen LogP contribution < -0.4 is 5.73 Å². The molecule has 2 rings (SSSR count). The van der Waals surface area contributed by atoms with Crippen molar-refractivity contribution in [2.75, 3.05) is 5.73 Å². The molecule has 0 amide bonds. The second-order valence-electron chi connectivity index (χ2n) is 3.25. The average molecular weight is 275 g/mol. The van der Waals surface area contributed by atoms with Crippen molar-refractivity contribution in [1.29, 1.82) is 0 Å². The molecule has 2 aromatic carbocycles. The highest BCUT2D eigenvalue weighted by molar-refractivity contribution is 6.36. The molecule has 0 aliphatic rings. The Morgan fingerprint density at radius 1 is 0.875 bits per heavy atom. The van der Waals surface area contributed by atoms with E-state index in [1.165, 1.54) is 0 Å². The van der Waals surface area contributed by atoms with Crippen molar-refractivity contribution >= 4 is 41.3 Å². The van der Waals surface area contributed by atoms with Gasteiger partial charge in [-0.2, -0.15) is 0 Å². The van der Waals surface area contributed by atoms with Gasteiger partial charge in [0, 0.05) is 21.3 Å². The van der Waals surface area contributed by atoms with Crippen LogP contribution in [0.4, 0.5) is 5.69 Å². The van der Waals surface area contributed by atoms with E-state index in [1.807, 2.05) is 36.4 Å². The van der Waals surface area contributed by atoms with E-state index in [0.29, 0.717) is 10.0 Å². The van der Waals surface area contributed by atoms with Crippen LogP contribution in [0.5, 0.6) is 0 Å². The van der Waals surface area contributed by atoms with Gasteiger partial charge < -0.3 is 5.73 Å². The number of halogens is 3. The Morgan fingerprint density at radius 3 is 2.06 bits per heavy atom. The topological polar surface area (TPSA) is 26.0 Å². The van der Waals surface area contributed by atoms with Gasteiger partial charge in [0.05, 0.1) is 0 Å². The van der Waals surface area contributed by atoms with Crippen molar-refractivity contribution in [3.8, 4) is 11.1 Å². The highest BCUT2D eigenvalue weighted by atomic mass is 35.5. The van der Waals surface area contributed by atoms with Gasteiger partial charge in [-0.05, 0) is 29.8 Å². The fraction of sp³-hybridized carbons (Fsp3) is 0. The maximum absolute atomic E-state index is 6.09. The first kappa shape index (κ1) is 13.2. The Bertz CT molecular complexity index is 480. The summed E-state index contributed by atoms with van der Waals surface area (Å²) < 4.78 is 0. The van der Waals surface area contributed by atoms with Crippen molar-refractivity contribution in [1.82, 2.24) is 0 Å². The van der Waals surface area contributed by atoms with Crippen LogP contribution in [0.25, 0.3) is 11.1 Å². The lowest BCUT2D eigenvalue weighted by atomic mass is 10.1. The molecule has 0 spiro atoms. The standard InChI is InChI=1S/C12H9Cl2N.ClH/c13-9-3-6-11(12(14)7-9)8-1-4-10(15)5-2-8;/h1-7H,15H2;1H. The van der Waals surface area contributed by atoms with Gasteiger partial charge in [0.15, 0.2) is 0 Å². The molecule has 0 saturated heterocycles. The molecule has 0 aliphatic carbocycles. The molecule has 0 bridgehead atoms. The smallest absolute Gasteiger partial charge is 0.0499 e.